The molecule has 0 bridgehead atoms. The van der Waals surface area contributed by atoms with Gasteiger partial charge in [0, 0.05) is 24.2 Å². The normalized spacial score (nSPS) is 14.2. The van der Waals surface area contributed by atoms with Crippen LogP contribution < -0.4 is 5.32 Å². The van der Waals surface area contributed by atoms with Gasteiger partial charge in [0.15, 0.2) is 0 Å². The molecule has 114 valence electrons. The molecule has 4 nitrogen and oxygen atoms in total. The van der Waals surface area contributed by atoms with Crippen LogP contribution in [0.25, 0.3) is 0 Å². The number of aliphatic hydroxyl groups excluding tert-OH is 1. The molecule has 0 saturated carbocycles. The molecule has 20 heavy (non-hydrogen) atoms. The van der Waals surface area contributed by atoms with E-state index in [9.17, 15) is 5.11 Å². The van der Waals surface area contributed by atoms with E-state index in [1.807, 2.05) is 38.1 Å². The Morgan fingerprint density at radius 1 is 1.25 bits per heavy atom. The molecule has 1 rings (SSSR count). The number of hydrogen-bond acceptors (Lipinski definition) is 4. The highest BCUT2D eigenvalue weighted by Gasteiger charge is 2.11. The Morgan fingerprint density at radius 2 is 1.95 bits per heavy atom. The molecule has 2 atom stereocenters. The molecule has 0 fully saturated rings. The lowest BCUT2D eigenvalue weighted by Gasteiger charge is -2.18. The highest BCUT2D eigenvalue weighted by atomic mass is 35.5. The number of ether oxygens (including phenoxy) is 2. The molecule has 0 aliphatic heterocycles. The van der Waals surface area contributed by atoms with Crippen LogP contribution in [0.4, 0.5) is 0 Å². The molecule has 0 saturated heterocycles. The molecule has 0 aliphatic rings. The number of rotatable bonds is 10. The van der Waals surface area contributed by atoms with Gasteiger partial charge in [-0.05, 0) is 25.5 Å². The first-order chi connectivity index (χ1) is 9.65. The van der Waals surface area contributed by atoms with Crippen LogP contribution in [0.3, 0.4) is 0 Å². The van der Waals surface area contributed by atoms with Crippen LogP contribution in [-0.4, -0.2) is 44.2 Å². The summed E-state index contributed by atoms with van der Waals surface area (Å²) >= 11 is 6.13. The van der Waals surface area contributed by atoms with Crippen molar-refractivity contribution in [3.8, 4) is 0 Å². The number of hydrogen-bond donors (Lipinski definition) is 2. The number of halogens is 1. The molecule has 0 aromatic heterocycles. The fraction of sp³-hybridized carbons (Fsp3) is 0.600. The van der Waals surface area contributed by atoms with Gasteiger partial charge < -0.3 is 19.9 Å². The average molecular weight is 302 g/mol. The Labute approximate surface area is 126 Å². The number of nitrogens with one attached hydrogen (secondary N) is 1. The van der Waals surface area contributed by atoms with Gasteiger partial charge in [0.2, 0.25) is 0 Å². The van der Waals surface area contributed by atoms with Gasteiger partial charge in [0.05, 0.1) is 25.9 Å². The molecule has 0 aliphatic carbocycles. The quantitative estimate of drug-likeness (QED) is 0.652. The molecule has 1 aromatic rings. The lowest BCUT2D eigenvalue weighted by molar-refractivity contribution is 0.00586. The van der Waals surface area contributed by atoms with Gasteiger partial charge in [-0.1, -0.05) is 29.8 Å². The minimum atomic E-state index is -0.540. The Bertz CT molecular complexity index is 376. The minimum Gasteiger partial charge on any atom is -0.389 e. The predicted molar refractivity (Wildman–Crippen MR) is 81.2 cm³/mol. The summed E-state index contributed by atoms with van der Waals surface area (Å²) in [7, 11) is 0. The lowest BCUT2D eigenvalue weighted by atomic mass is 10.1. The predicted octanol–water partition coefficient (Wildman–Crippen LogP) is 2.40. The maximum atomic E-state index is 9.81. The van der Waals surface area contributed by atoms with E-state index in [4.69, 9.17) is 21.1 Å². The third-order valence-electron chi connectivity index (χ3n) is 2.92. The Morgan fingerprint density at radius 3 is 2.65 bits per heavy atom. The maximum absolute atomic E-state index is 9.81. The van der Waals surface area contributed by atoms with E-state index < -0.39 is 6.10 Å². The third-order valence-corrected chi connectivity index (χ3v) is 3.26. The Kier molecular flexibility index (Phi) is 8.82. The summed E-state index contributed by atoms with van der Waals surface area (Å²) in [5.41, 5.74) is 1.03. The van der Waals surface area contributed by atoms with Gasteiger partial charge >= 0.3 is 0 Å². The molecule has 2 N–H and O–H groups in total. The summed E-state index contributed by atoms with van der Waals surface area (Å²) in [5.74, 6) is 0. The van der Waals surface area contributed by atoms with Gasteiger partial charge in [-0.3, -0.25) is 0 Å². The van der Waals surface area contributed by atoms with Crippen molar-refractivity contribution < 1.29 is 14.6 Å². The standard InChI is InChI=1S/C15H24ClNO3/c1-3-19-8-9-20-11-13(18)10-17-12(2)14-6-4-5-7-15(14)16/h4-7,12-13,17-18H,3,8-11H2,1-2H3/t12-,13?/m0/s1. The van der Waals surface area contributed by atoms with Crippen LogP contribution >= 0.6 is 11.6 Å². The fourth-order valence-electron chi connectivity index (χ4n) is 1.79. The van der Waals surface area contributed by atoms with Crippen molar-refractivity contribution in [3.63, 3.8) is 0 Å². The third kappa shape index (κ3) is 6.68. The SMILES string of the molecule is CCOCCOCC(O)CN[C@@H](C)c1ccccc1Cl. The summed E-state index contributed by atoms with van der Waals surface area (Å²) in [6.45, 7) is 6.47. The van der Waals surface area contributed by atoms with Gasteiger partial charge in [-0.2, -0.15) is 0 Å². The topological polar surface area (TPSA) is 50.7 Å². The zero-order valence-electron chi connectivity index (χ0n) is 12.1. The molecule has 0 radical (unpaired) electrons. The molecular weight excluding hydrogens is 278 g/mol. The van der Waals surface area contributed by atoms with Crippen LogP contribution in [-0.2, 0) is 9.47 Å². The van der Waals surface area contributed by atoms with E-state index in [1.165, 1.54) is 0 Å². The first kappa shape index (κ1) is 17.4. The summed E-state index contributed by atoms with van der Waals surface area (Å²) in [6, 6.07) is 7.78. The van der Waals surface area contributed by atoms with Crippen molar-refractivity contribution >= 4 is 11.6 Å². The summed E-state index contributed by atoms with van der Waals surface area (Å²) in [5, 5.41) is 13.8. The molecule has 0 amide bonds. The zero-order chi connectivity index (χ0) is 14.8. The van der Waals surface area contributed by atoms with Gasteiger partial charge in [-0.25, -0.2) is 0 Å². The smallest absolute Gasteiger partial charge is 0.0897 e. The van der Waals surface area contributed by atoms with E-state index in [1.54, 1.807) is 0 Å². The van der Waals surface area contributed by atoms with Gasteiger partial charge in [0.1, 0.15) is 0 Å². The fourth-order valence-corrected chi connectivity index (χ4v) is 2.09. The average Bonchev–Trinajstić information content (AvgIpc) is 2.45. The minimum absolute atomic E-state index is 0.0850. The largest absolute Gasteiger partial charge is 0.389 e. The highest BCUT2D eigenvalue weighted by Crippen LogP contribution is 2.21. The maximum Gasteiger partial charge on any atom is 0.0897 e. The van der Waals surface area contributed by atoms with Crippen LogP contribution in [0.2, 0.25) is 5.02 Å². The second kappa shape index (κ2) is 10.1. The van der Waals surface area contributed by atoms with Crippen LogP contribution in [0, 0.1) is 0 Å². The Hall–Kier alpha value is -0.650. The zero-order valence-corrected chi connectivity index (χ0v) is 12.9. The molecule has 1 unspecified atom stereocenters. The van der Waals surface area contributed by atoms with E-state index >= 15 is 0 Å². The molecule has 0 spiro atoms. The summed E-state index contributed by atoms with van der Waals surface area (Å²) in [6.07, 6.45) is -0.540. The van der Waals surface area contributed by atoms with Gasteiger partial charge in [-0.15, -0.1) is 0 Å². The first-order valence-corrected chi connectivity index (χ1v) is 7.34. The van der Waals surface area contributed by atoms with Crippen LogP contribution in [0.5, 0.6) is 0 Å². The van der Waals surface area contributed by atoms with E-state index in [2.05, 4.69) is 5.32 Å². The monoisotopic (exact) mass is 301 g/mol. The van der Waals surface area contributed by atoms with E-state index in [0.29, 0.717) is 33.0 Å². The Balaban J connectivity index is 2.20. The van der Waals surface area contributed by atoms with Crippen molar-refractivity contribution in [2.45, 2.75) is 26.0 Å². The highest BCUT2D eigenvalue weighted by molar-refractivity contribution is 6.31. The van der Waals surface area contributed by atoms with Gasteiger partial charge in [0.25, 0.3) is 0 Å². The summed E-state index contributed by atoms with van der Waals surface area (Å²) in [4.78, 5) is 0. The molecule has 5 heteroatoms. The first-order valence-electron chi connectivity index (χ1n) is 6.96. The van der Waals surface area contributed by atoms with E-state index in [-0.39, 0.29) is 6.04 Å². The van der Waals surface area contributed by atoms with Crippen molar-refractivity contribution in [2.75, 3.05) is 33.0 Å². The molecular formula is C15H24ClNO3. The van der Waals surface area contributed by atoms with Crippen LogP contribution in [0.15, 0.2) is 24.3 Å². The molecule has 1 aromatic carbocycles. The van der Waals surface area contributed by atoms with Crippen molar-refractivity contribution in [1.29, 1.82) is 0 Å². The second-order valence-electron chi connectivity index (χ2n) is 4.58. The lowest BCUT2D eigenvalue weighted by Crippen LogP contribution is -2.32. The molecule has 0 heterocycles. The second-order valence-corrected chi connectivity index (χ2v) is 4.98. The van der Waals surface area contributed by atoms with Crippen LogP contribution in [0.1, 0.15) is 25.5 Å². The number of aliphatic hydroxyl groups is 1. The summed E-state index contributed by atoms with van der Waals surface area (Å²) < 4.78 is 10.5. The van der Waals surface area contributed by atoms with Crippen molar-refractivity contribution in [1.82, 2.24) is 5.32 Å². The number of benzene rings is 1. The van der Waals surface area contributed by atoms with Crippen molar-refractivity contribution in [2.24, 2.45) is 0 Å². The van der Waals surface area contributed by atoms with E-state index in [0.717, 1.165) is 10.6 Å². The van der Waals surface area contributed by atoms with Crippen molar-refractivity contribution in [3.05, 3.63) is 34.9 Å².